The van der Waals surface area contributed by atoms with Crippen LogP contribution >= 0.6 is 0 Å². The van der Waals surface area contributed by atoms with Crippen LogP contribution in [0.2, 0.25) is 0 Å². The number of hydrogen-bond donors (Lipinski definition) is 2. The van der Waals surface area contributed by atoms with Gasteiger partial charge in [0.15, 0.2) is 17.3 Å². The molecule has 8 nitrogen and oxygen atoms in total. The monoisotopic (exact) mass is 317 g/mol. The minimum atomic E-state index is -0.543. The number of nitrogens with one attached hydrogen (secondary N) is 2. The van der Waals surface area contributed by atoms with Crippen LogP contribution in [-0.2, 0) is 0 Å². The van der Waals surface area contributed by atoms with Crippen molar-refractivity contribution in [3.63, 3.8) is 0 Å². The van der Waals surface area contributed by atoms with E-state index in [0.29, 0.717) is 18.1 Å². The summed E-state index contributed by atoms with van der Waals surface area (Å²) in [5.41, 5.74) is 2.91. The van der Waals surface area contributed by atoms with Gasteiger partial charge in [0.2, 0.25) is 0 Å². The third-order valence-electron chi connectivity index (χ3n) is 2.59. The van der Waals surface area contributed by atoms with Crippen molar-refractivity contribution in [1.29, 1.82) is 0 Å². The lowest BCUT2D eigenvalue weighted by Gasteiger charge is -2.14. The number of nitrogens with zero attached hydrogens (tertiary/aromatic N) is 3. The molecule has 0 aliphatic rings. The summed E-state index contributed by atoms with van der Waals surface area (Å²) < 4.78 is 11.3. The lowest BCUT2D eigenvalue weighted by molar-refractivity contribution is 0.224. The second-order valence-electron chi connectivity index (χ2n) is 4.85. The quantitative estimate of drug-likeness (QED) is 0.596. The Kier molecular flexibility index (Phi) is 5.67. The van der Waals surface area contributed by atoms with Crippen LogP contribution < -0.4 is 20.6 Å². The van der Waals surface area contributed by atoms with Crippen LogP contribution in [0.15, 0.2) is 34.3 Å². The van der Waals surface area contributed by atoms with Crippen molar-refractivity contribution < 1.29 is 9.47 Å². The Morgan fingerprint density at radius 2 is 2.22 bits per heavy atom. The van der Waals surface area contributed by atoms with E-state index >= 15 is 0 Å². The summed E-state index contributed by atoms with van der Waals surface area (Å²) in [4.78, 5) is 14.7. The summed E-state index contributed by atoms with van der Waals surface area (Å²) in [5, 5.41) is 9.82. The first-order valence-electron chi connectivity index (χ1n) is 7.22. The van der Waals surface area contributed by atoms with Gasteiger partial charge < -0.3 is 9.47 Å². The van der Waals surface area contributed by atoms with Gasteiger partial charge in [-0.25, -0.2) is 9.89 Å². The van der Waals surface area contributed by atoms with E-state index in [1.807, 2.05) is 39.0 Å². The van der Waals surface area contributed by atoms with E-state index in [-0.39, 0.29) is 11.9 Å². The van der Waals surface area contributed by atoms with Crippen molar-refractivity contribution in [3.05, 3.63) is 40.4 Å². The number of aromatic amines is 1. The van der Waals surface area contributed by atoms with Gasteiger partial charge in [-0.1, -0.05) is 0 Å². The molecule has 8 heteroatoms. The molecule has 2 aromatic rings. The average Bonchev–Trinajstić information content (AvgIpc) is 2.50. The molecule has 0 fully saturated rings. The molecular formula is C15H19N5O3. The molecule has 122 valence electrons. The standard InChI is InChI=1S/C15H19N5O3/c1-4-22-13-7-11(5-6-12(13)23-10(2)3)8-16-19-14-9-17-20-15(21)18-14/h5-10H,4H2,1-3H3,(H2,18,19,20,21)/b16-8+. The Morgan fingerprint density at radius 1 is 1.39 bits per heavy atom. The van der Waals surface area contributed by atoms with Gasteiger partial charge in [0.25, 0.3) is 0 Å². The molecule has 0 unspecified atom stereocenters. The third kappa shape index (κ3) is 5.10. The van der Waals surface area contributed by atoms with Crippen molar-refractivity contribution in [2.24, 2.45) is 5.10 Å². The first kappa shape index (κ1) is 16.5. The number of hydrazone groups is 1. The average molecular weight is 317 g/mol. The largest absolute Gasteiger partial charge is 0.490 e. The van der Waals surface area contributed by atoms with Crippen LogP contribution in [0.5, 0.6) is 11.5 Å². The number of ether oxygens (including phenoxy) is 2. The maximum absolute atomic E-state index is 11.0. The zero-order valence-electron chi connectivity index (χ0n) is 13.2. The summed E-state index contributed by atoms with van der Waals surface area (Å²) in [7, 11) is 0. The molecule has 1 aromatic heterocycles. The summed E-state index contributed by atoms with van der Waals surface area (Å²) >= 11 is 0. The van der Waals surface area contributed by atoms with Crippen molar-refractivity contribution in [3.8, 4) is 11.5 Å². The Bertz CT molecular complexity index is 727. The molecule has 1 aromatic carbocycles. The van der Waals surface area contributed by atoms with E-state index in [2.05, 4.69) is 25.7 Å². The van der Waals surface area contributed by atoms with Crippen molar-refractivity contribution in [2.45, 2.75) is 26.9 Å². The molecule has 0 radical (unpaired) electrons. The van der Waals surface area contributed by atoms with Crippen molar-refractivity contribution in [2.75, 3.05) is 12.0 Å². The molecular weight excluding hydrogens is 298 g/mol. The molecule has 0 aliphatic heterocycles. The van der Waals surface area contributed by atoms with Gasteiger partial charge in [-0.2, -0.15) is 15.2 Å². The Morgan fingerprint density at radius 3 is 2.91 bits per heavy atom. The second-order valence-corrected chi connectivity index (χ2v) is 4.85. The Hall–Kier alpha value is -2.90. The lowest BCUT2D eigenvalue weighted by Crippen LogP contribution is -2.13. The molecule has 0 saturated heterocycles. The zero-order chi connectivity index (χ0) is 16.7. The highest BCUT2D eigenvalue weighted by Gasteiger charge is 2.07. The summed E-state index contributed by atoms with van der Waals surface area (Å²) in [6, 6.07) is 5.52. The van der Waals surface area contributed by atoms with Gasteiger partial charge in [0, 0.05) is 0 Å². The maximum Gasteiger partial charge on any atom is 0.363 e. The minimum Gasteiger partial charge on any atom is -0.490 e. The van der Waals surface area contributed by atoms with E-state index in [4.69, 9.17) is 9.47 Å². The molecule has 1 heterocycles. The van der Waals surface area contributed by atoms with Crippen molar-refractivity contribution in [1.82, 2.24) is 15.2 Å². The molecule has 0 spiro atoms. The molecule has 2 N–H and O–H groups in total. The normalized spacial score (nSPS) is 11.0. The lowest BCUT2D eigenvalue weighted by atomic mass is 10.2. The molecule has 0 saturated carbocycles. The highest BCUT2D eigenvalue weighted by Crippen LogP contribution is 2.28. The predicted molar refractivity (Wildman–Crippen MR) is 87.2 cm³/mol. The summed E-state index contributed by atoms with van der Waals surface area (Å²) in [6.07, 6.45) is 3.01. The molecule has 0 bridgehead atoms. The Balaban J connectivity index is 2.11. The number of hydrogen-bond acceptors (Lipinski definition) is 7. The van der Waals surface area contributed by atoms with Gasteiger partial charge in [-0.15, -0.1) is 0 Å². The van der Waals surface area contributed by atoms with Gasteiger partial charge in [-0.05, 0) is 44.5 Å². The van der Waals surface area contributed by atoms with E-state index in [1.54, 1.807) is 6.21 Å². The SMILES string of the molecule is CCOc1cc(/C=N/Nc2cn[nH]c(=O)n2)ccc1OC(C)C. The summed E-state index contributed by atoms with van der Waals surface area (Å²) in [6.45, 7) is 6.36. The first-order valence-corrected chi connectivity index (χ1v) is 7.22. The van der Waals surface area contributed by atoms with Crippen LogP contribution in [0, 0.1) is 0 Å². The van der Waals surface area contributed by atoms with E-state index in [9.17, 15) is 4.79 Å². The first-order chi connectivity index (χ1) is 11.1. The predicted octanol–water partition coefficient (Wildman–Crippen LogP) is 1.80. The van der Waals surface area contributed by atoms with Crippen LogP contribution in [0.4, 0.5) is 5.82 Å². The summed E-state index contributed by atoms with van der Waals surface area (Å²) in [5.74, 6) is 1.60. The number of rotatable bonds is 7. The maximum atomic E-state index is 11.0. The third-order valence-corrected chi connectivity index (χ3v) is 2.59. The number of aromatic nitrogens is 3. The van der Waals surface area contributed by atoms with Crippen molar-refractivity contribution >= 4 is 12.0 Å². The van der Waals surface area contributed by atoms with E-state index in [0.717, 1.165) is 5.56 Å². The molecule has 0 atom stereocenters. The van der Waals surface area contributed by atoms with Crippen LogP contribution in [0.1, 0.15) is 26.3 Å². The zero-order valence-corrected chi connectivity index (χ0v) is 13.2. The fraction of sp³-hybridized carbons (Fsp3) is 0.333. The second kappa shape index (κ2) is 7.92. The smallest absolute Gasteiger partial charge is 0.363 e. The molecule has 2 rings (SSSR count). The van der Waals surface area contributed by atoms with E-state index < -0.39 is 5.69 Å². The number of H-pyrrole nitrogens is 1. The number of anilines is 1. The van der Waals surface area contributed by atoms with Gasteiger partial charge in [-0.3, -0.25) is 5.43 Å². The topological polar surface area (TPSA) is 101 Å². The molecule has 0 aliphatic carbocycles. The highest BCUT2D eigenvalue weighted by atomic mass is 16.5. The molecule has 23 heavy (non-hydrogen) atoms. The van der Waals surface area contributed by atoms with Crippen LogP contribution in [0.25, 0.3) is 0 Å². The fourth-order valence-electron chi connectivity index (χ4n) is 1.76. The molecule has 0 amide bonds. The van der Waals surface area contributed by atoms with Crippen LogP contribution in [-0.4, -0.2) is 34.1 Å². The number of benzene rings is 1. The van der Waals surface area contributed by atoms with Gasteiger partial charge in [0.05, 0.1) is 25.1 Å². The highest BCUT2D eigenvalue weighted by molar-refractivity contribution is 5.81. The Labute approximate surface area is 133 Å². The van der Waals surface area contributed by atoms with E-state index in [1.165, 1.54) is 6.20 Å². The minimum absolute atomic E-state index is 0.0603. The van der Waals surface area contributed by atoms with Gasteiger partial charge in [0.1, 0.15) is 0 Å². The fourth-order valence-corrected chi connectivity index (χ4v) is 1.76. The van der Waals surface area contributed by atoms with Crippen LogP contribution in [0.3, 0.4) is 0 Å². The van der Waals surface area contributed by atoms with Gasteiger partial charge >= 0.3 is 5.69 Å².